The Hall–Kier alpha value is -1.99. The van der Waals surface area contributed by atoms with Crippen molar-refractivity contribution in [2.75, 3.05) is 26.2 Å². The minimum absolute atomic E-state index is 0.846. The van der Waals surface area contributed by atoms with Crippen molar-refractivity contribution in [1.82, 2.24) is 14.8 Å². The summed E-state index contributed by atoms with van der Waals surface area (Å²) in [5, 5.41) is 14.8. The summed E-state index contributed by atoms with van der Waals surface area (Å²) >= 11 is 0. The van der Waals surface area contributed by atoms with Gasteiger partial charge in [-0.1, -0.05) is 18.9 Å². The number of piperidine rings is 1. The van der Waals surface area contributed by atoms with E-state index in [2.05, 4.69) is 20.9 Å². The molecule has 0 unspecified atom stereocenters. The zero-order chi connectivity index (χ0) is 18.8. The SMILES string of the molecule is O=C(O)C(=O)O.c1cncc(CN2CCC(N3CCCCCC3)CC2)c1. The van der Waals surface area contributed by atoms with Crippen molar-refractivity contribution >= 4 is 11.9 Å². The number of aliphatic carboxylic acids is 2. The molecule has 1 aromatic rings. The molecule has 0 radical (unpaired) electrons. The minimum atomic E-state index is -1.82. The number of likely N-dealkylation sites (tertiary alicyclic amines) is 2. The summed E-state index contributed by atoms with van der Waals surface area (Å²) in [4.78, 5) is 27.8. The molecule has 0 aliphatic carbocycles. The number of rotatable bonds is 3. The van der Waals surface area contributed by atoms with E-state index in [0.717, 1.165) is 12.6 Å². The minimum Gasteiger partial charge on any atom is -0.473 e. The van der Waals surface area contributed by atoms with Crippen LogP contribution in [-0.2, 0) is 16.1 Å². The Kier molecular flexibility index (Phi) is 8.50. The Labute approximate surface area is 154 Å². The molecule has 3 rings (SSSR count). The fourth-order valence-corrected chi connectivity index (χ4v) is 3.65. The molecular weight excluding hydrogens is 334 g/mol. The first-order chi connectivity index (χ1) is 12.6. The molecule has 0 aromatic carbocycles. The van der Waals surface area contributed by atoms with Gasteiger partial charge in [0.1, 0.15) is 0 Å². The second-order valence-electron chi connectivity index (χ2n) is 6.93. The van der Waals surface area contributed by atoms with Gasteiger partial charge in [-0.05, 0) is 63.5 Å². The zero-order valence-electron chi connectivity index (χ0n) is 15.2. The monoisotopic (exact) mass is 363 g/mol. The highest BCUT2D eigenvalue weighted by Crippen LogP contribution is 2.21. The molecule has 7 nitrogen and oxygen atoms in total. The smallest absolute Gasteiger partial charge is 0.414 e. The Bertz CT molecular complexity index is 539. The van der Waals surface area contributed by atoms with Crippen molar-refractivity contribution in [3.8, 4) is 0 Å². The average molecular weight is 363 g/mol. The van der Waals surface area contributed by atoms with E-state index in [1.807, 2.05) is 18.5 Å². The van der Waals surface area contributed by atoms with Crippen molar-refractivity contribution in [3.05, 3.63) is 30.1 Å². The topological polar surface area (TPSA) is 94.0 Å². The van der Waals surface area contributed by atoms with Gasteiger partial charge in [-0.3, -0.25) is 9.88 Å². The summed E-state index contributed by atoms with van der Waals surface area (Å²) < 4.78 is 0. The Morgan fingerprint density at radius 2 is 1.62 bits per heavy atom. The Balaban J connectivity index is 0.000000352. The van der Waals surface area contributed by atoms with Crippen LogP contribution in [0.1, 0.15) is 44.1 Å². The lowest BCUT2D eigenvalue weighted by atomic mass is 10.0. The average Bonchev–Trinajstić information content (AvgIpc) is 2.93. The summed E-state index contributed by atoms with van der Waals surface area (Å²) in [5.74, 6) is -3.65. The van der Waals surface area contributed by atoms with Crippen LogP contribution in [0.15, 0.2) is 24.5 Å². The fourth-order valence-electron chi connectivity index (χ4n) is 3.65. The van der Waals surface area contributed by atoms with Gasteiger partial charge in [0, 0.05) is 25.0 Å². The van der Waals surface area contributed by atoms with E-state index in [1.54, 1.807) is 0 Å². The summed E-state index contributed by atoms with van der Waals surface area (Å²) in [6.45, 7) is 6.24. The highest BCUT2D eigenvalue weighted by molar-refractivity contribution is 6.27. The van der Waals surface area contributed by atoms with Crippen LogP contribution >= 0.6 is 0 Å². The summed E-state index contributed by atoms with van der Waals surface area (Å²) in [5.41, 5.74) is 1.35. The number of hydrogen-bond acceptors (Lipinski definition) is 5. The number of aromatic nitrogens is 1. The van der Waals surface area contributed by atoms with Crippen molar-refractivity contribution in [2.24, 2.45) is 0 Å². The van der Waals surface area contributed by atoms with Gasteiger partial charge in [0.05, 0.1) is 0 Å². The first-order valence-corrected chi connectivity index (χ1v) is 9.38. The van der Waals surface area contributed by atoms with E-state index in [4.69, 9.17) is 19.8 Å². The lowest BCUT2D eigenvalue weighted by Crippen LogP contribution is -2.45. The van der Waals surface area contributed by atoms with E-state index in [-0.39, 0.29) is 0 Å². The third-order valence-corrected chi connectivity index (χ3v) is 5.03. The molecule has 0 spiro atoms. The normalized spacial score (nSPS) is 19.8. The highest BCUT2D eigenvalue weighted by Gasteiger charge is 2.24. The molecule has 0 bridgehead atoms. The largest absolute Gasteiger partial charge is 0.473 e. The lowest BCUT2D eigenvalue weighted by Gasteiger charge is -2.38. The Morgan fingerprint density at radius 3 is 2.12 bits per heavy atom. The molecule has 0 amide bonds. The van der Waals surface area contributed by atoms with Crippen LogP contribution in [0, 0.1) is 0 Å². The number of hydrogen-bond donors (Lipinski definition) is 2. The van der Waals surface area contributed by atoms with Crippen molar-refractivity contribution in [1.29, 1.82) is 0 Å². The number of carboxylic acid groups (broad SMARTS) is 2. The van der Waals surface area contributed by atoms with E-state index >= 15 is 0 Å². The summed E-state index contributed by atoms with van der Waals surface area (Å²) in [6.07, 6.45) is 12.3. The quantitative estimate of drug-likeness (QED) is 0.794. The van der Waals surface area contributed by atoms with Crippen LogP contribution in [0.3, 0.4) is 0 Å². The van der Waals surface area contributed by atoms with E-state index in [9.17, 15) is 0 Å². The Morgan fingerprint density at radius 1 is 1.00 bits per heavy atom. The molecule has 7 heteroatoms. The molecule has 2 fully saturated rings. The predicted molar refractivity (Wildman–Crippen MR) is 97.8 cm³/mol. The van der Waals surface area contributed by atoms with Gasteiger partial charge in [-0.15, -0.1) is 0 Å². The third kappa shape index (κ3) is 7.09. The van der Waals surface area contributed by atoms with Gasteiger partial charge in [0.2, 0.25) is 0 Å². The third-order valence-electron chi connectivity index (χ3n) is 5.03. The first-order valence-electron chi connectivity index (χ1n) is 9.38. The first kappa shape index (κ1) is 20.3. The van der Waals surface area contributed by atoms with Crippen LogP contribution < -0.4 is 0 Å². The molecule has 26 heavy (non-hydrogen) atoms. The van der Waals surface area contributed by atoms with Gasteiger partial charge in [-0.25, -0.2) is 9.59 Å². The zero-order valence-corrected chi connectivity index (χ0v) is 15.2. The van der Waals surface area contributed by atoms with E-state index in [1.165, 1.54) is 70.3 Å². The van der Waals surface area contributed by atoms with E-state index in [0.29, 0.717) is 0 Å². The van der Waals surface area contributed by atoms with Gasteiger partial charge >= 0.3 is 11.9 Å². The molecule has 0 atom stereocenters. The van der Waals surface area contributed by atoms with Gasteiger partial charge < -0.3 is 15.1 Å². The van der Waals surface area contributed by atoms with Crippen molar-refractivity contribution < 1.29 is 19.8 Å². The summed E-state index contributed by atoms with van der Waals surface area (Å²) in [7, 11) is 0. The predicted octanol–water partition coefficient (Wildman–Crippen LogP) is 2.08. The maximum Gasteiger partial charge on any atom is 0.414 e. The van der Waals surface area contributed by atoms with Crippen LogP contribution in [0.5, 0.6) is 0 Å². The van der Waals surface area contributed by atoms with Crippen LogP contribution in [-0.4, -0.2) is 69.2 Å². The summed E-state index contributed by atoms with van der Waals surface area (Å²) in [6, 6.07) is 5.07. The van der Waals surface area contributed by atoms with Crippen molar-refractivity contribution in [3.63, 3.8) is 0 Å². The van der Waals surface area contributed by atoms with Gasteiger partial charge in [0.15, 0.2) is 0 Å². The fraction of sp³-hybridized carbons (Fsp3) is 0.632. The molecule has 2 N–H and O–H groups in total. The number of pyridine rings is 1. The molecule has 0 saturated carbocycles. The highest BCUT2D eigenvalue weighted by atomic mass is 16.4. The van der Waals surface area contributed by atoms with Crippen molar-refractivity contribution in [2.45, 2.75) is 51.1 Å². The van der Waals surface area contributed by atoms with Crippen LogP contribution in [0.4, 0.5) is 0 Å². The molecule has 1 aromatic heterocycles. The standard InChI is InChI=1S/C17H27N3.C2H2O4/c1-2-4-11-20(10-3-1)17-7-12-19(13-8-17)15-16-6-5-9-18-14-16;3-1(4)2(5)6/h5-6,9,14,17H,1-4,7-8,10-13,15H2;(H,3,4)(H,5,6). The number of carbonyl (C=O) groups is 2. The van der Waals surface area contributed by atoms with E-state index < -0.39 is 11.9 Å². The second kappa shape index (κ2) is 10.9. The molecule has 2 aliphatic heterocycles. The van der Waals surface area contributed by atoms with Crippen LogP contribution in [0.25, 0.3) is 0 Å². The molecule has 2 aliphatic rings. The maximum absolute atomic E-state index is 9.10. The lowest BCUT2D eigenvalue weighted by molar-refractivity contribution is -0.159. The molecule has 2 saturated heterocycles. The molecule has 3 heterocycles. The second-order valence-corrected chi connectivity index (χ2v) is 6.93. The molecular formula is C19H29N3O4. The van der Waals surface area contributed by atoms with Crippen LogP contribution in [0.2, 0.25) is 0 Å². The molecule has 144 valence electrons. The van der Waals surface area contributed by atoms with Gasteiger partial charge in [0.25, 0.3) is 0 Å². The number of nitrogens with zero attached hydrogens (tertiary/aromatic N) is 3. The number of carboxylic acids is 2. The maximum atomic E-state index is 9.10. The van der Waals surface area contributed by atoms with Gasteiger partial charge in [-0.2, -0.15) is 0 Å².